The van der Waals surface area contributed by atoms with Gasteiger partial charge >= 0.3 is 59.1 Å². The van der Waals surface area contributed by atoms with E-state index in [2.05, 4.69) is 0 Å². The van der Waals surface area contributed by atoms with Crippen molar-refractivity contribution in [3.8, 4) is 0 Å². The summed E-state index contributed by atoms with van der Waals surface area (Å²) in [4.78, 5) is 21.8. The van der Waals surface area contributed by atoms with Crippen LogP contribution in [0.2, 0.25) is 0 Å². The summed E-state index contributed by atoms with van der Waals surface area (Å²) in [5, 5.41) is 21.8. The second-order valence-corrected chi connectivity index (χ2v) is 5.73. The molecule has 1 aliphatic rings. The largest absolute Gasteiger partial charge is 1.00 e. The Balaban J connectivity index is 0. The van der Waals surface area contributed by atoms with Crippen LogP contribution in [0.15, 0.2) is 0 Å². The molecular weight excluding hydrogens is 254 g/mol. The fourth-order valence-corrected chi connectivity index (χ4v) is 2.50. The molecule has 92 valence electrons. The van der Waals surface area contributed by atoms with Crippen LogP contribution in [0.25, 0.3) is 0 Å². The Morgan fingerprint density at radius 3 is 1.72 bits per heavy atom. The number of hydrogen-bond acceptors (Lipinski definition) is 4. The number of aliphatic carboxylic acids is 2. The predicted octanol–water partition coefficient (Wildman–Crippen LogP) is -6.43. The molecule has 4 nitrogen and oxygen atoms in total. The topological polar surface area (TPSA) is 80.3 Å². The Morgan fingerprint density at radius 1 is 0.944 bits per heavy atom. The van der Waals surface area contributed by atoms with Crippen molar-refractivity contribution in [1.29, 1.82) is 0 Å². The Morgan fingerprint density at radius 2 is 1.39 bits per heavy atom. The zero-order valence-corrected chi connectivity index (χ0v) is 16.0. The molecule has 0 spiro atoms. The number of carbonyl (C=O) groups excluding carboxylic acids is 2. The molecule has 0 aromatic heterocycles. The van der Waals surface area contributed by atoms with Gasteiger partial charge in [-0.05, 0) is 30.6 Å². The molecule has 3 unspecified atom stereocenters. The SMILES string of the molecule is CC(C)(C)C1CCC(C(=O)[O-])C(C(=O)[O-])C1.[Na+].[Na+]. The maximum absolute atomic E-state index is 10.9. The van der Waals surface area contributed by atoms with Crippen LogP contribution in [0.5, 0.6) is 0 Å². The van der Waals surface area contributed by atoms with E-state index in [0.717, 1.165) is 6.42 Å². The van der Waals surface area contributed by atoms with Crippen LogP contribution in [0.1, 0.15) is 40.0 Å². The minimum Gasteiger partial charge on any atom is -0.550 e. The van der Waals surface area contributed by atoms with E-state index in [1.165, 1.54) is 0 Å². The molecule has 1 rings (SSSR count). The fourth-order valence-electron chi connectivity index (χ4n) is 2.50. The van der Waals surface area contributed by atoms with E-state index in [9.17, 15) is 19.8 Å². The third-order valence-electron chi connectivity index (χ3n) is 3.68. The predicted molar refractivity (Wildman–Crippen MR) is 53.8 cm³/mol. The molecule has 0 N–H and O–H groups in total. The van der Waals surface area contributed by atoms with Crippen molar-refractivity contribution in [2.24, 2.45) is 23.2 Å². The normalized spacial score (nSPS) is 27.6. The third-order valence-corrected chi connectivity index (χ3v) is 3.68. The second kappa shape index (κ2) is 8.28. The molecule has 0 aromatic carbocycles. The van der Waals surface area contributed by atoms with Gasteiger partial charge in [0, 0.05) is 23.8 Å². The van der Waals surface area contributed by atoms with Crippen molar-refractivity contribution >= 4 is 11.9 Å². The monoisotopic (exact) mass is 272 g/mol. The van der Waals surface area contributed by atoms with Crippen molar-refractivity contribution in [2.45, 2.75) is 40.0 Å². The van der Waals surface area contributed by atoms with Crippen LogP contribution in [0, 0.1) is 23.2 Å². The Bertz CT molecular complexity index is 299. The molecule has 0 radical (unpaired) electrons. The van der Waals surface area contributed by atoms with Gasteiger partial charge in [0.25, 0.3) is 0 Å². The summed E-state index contributed by atoms with van der Waals surface area (Å²) in [6.07, 6.45) is 1.50. The summed E-state index contributed by atoms with van der Waals surface area (Å²) in [7, 11) is 0. The average Bonchev–Trinajstić information content (AvgIpc) is 2.15. The van der Waals surface area contributed by atoms with Crippen LogP contribution in [-0.4, -0.2) is 11.9 Å². The summed E-state index contributed by atoms with van der Waals surface area (Å²) >= 11 is 0. The summed E-state index contributed by atoms with van der Waals surface area (Å²) < 4.78 is 0. The molecule has 0 heterocycles. The van der Waals surface area contributed by atoms with Gasteiger partial charge < -0.3 is 19.8 Å². The molecule has 0 aliphatic heterocycles. The molecule has 1 fully saturated rings. The van der Waals surface area contributed by atoms with Crippen molar-refractivity contribution in [1.82, 2.24) is 0 Å². The first kappa shape index (κ1) is 21.2. The smallest absolute Gasteiger partial charge is 0.550 e. The summed E-state index contributed by atoms with van der Waals surface area (Å²) in [6.45, 7) is 6.13. The van der Waals surface area contributed by atoms with Gasteiger partial charge in [-0.1, -0.05) is 20.8 Å². The van der Waals surface area contributed by atoms with Gasteiger partial charge in [0.2, 0.25) is 0 Å². The van der Waals surface area contributed by atoms with Crippen molar-refractivity contribution < 1.29 is 78.9 Å². The van der Waals surface area contributed by atoms with Gasteiger partial charge in [-0.25, -0.2) is 0 Å². The van der Waals surface area contributed by atoms with Crippen molar-refractivity contribution in [3.05, 3.63) is 0 Å². The van der Waals surface area contributed by atoms with Gasteiger partial charge in [-0.2, -0.15) is 0 Å². The Hall–Kier alpha value is 0.940. The van der Waals surface area contributed by atoms with Crippen LogP contribution in [0.4, 0.5) is 0 Å². The first-order valence-electron chi connectivity index (χ1n) is 5.65. The first-order valence-corrected chi connectivity index (χ1v) is 5.65. The molecule has 0 bridgehead atoms. The number of carboxylic acids is 2. The van der Waals surface area contributed by atoms with Crippen LogP contribution < -0.4 is 69.3 Å². The van der Waals surface area contributed by atoms with Crippen molar-refractivity contribution in [3.63, 3.8) is 0 Å². The van der Waals surface area contributed by atoms with E-state index in [-0.39, 0.29) is 70.4 Å². The number of hydrogen-bond donors (Lipinski definition) is 0. The van der Waals surface area contributed by atoms with Gasteiger partial charge in [-0.3, -0.25) is 0 Å². The van der Waals surface area contributed by atoms with Crippen molar-refractivity contribution in [2.75, 3.05) is 0 Å². The summed E-state index contributed by atoms with van der Waals surface area (Å²) in [6, 6.07) is 0. The first-order chi connectivity index (χ1) is 7.23. The average molecular weight is 272 g/mol. The fraction of sp³-hybridized carbons (Fsp3) is 0.833. The molecule has 0 saturated heterocycles. The molecule has 18 heavy (non-hydrogen) atoms. The summed E-state index contributed by atoms with van der Waals surface area (Å²) in [5.74, 6) is -4.08. The van der Waals surface area contributed by atoms with Gasteiger partial charge in [0.05, 0.1) is 0 Å². The number of carboxylic acid groups (broad SMARTS) is 2. The van der Waals surface area contributed by atoms with Gasteiger partial charge in [0.1, 0.15) is 0 Å². The Labute approximate surface area is 152 Å². The maximum atomic E-state index is 10.9. The molecular formula is C12H18Na2O4. The van der Waals surface area contributed by atoms with Gasteiger partial charge in [0.15, 0.2) is 0 Å². The Kier molecular flexibility index (Phi) is 9.77. The van der Waals surface area contributed by atoms with E-state index in [1.807, 2.05) is 20.8 Å². The number of rotatable bonds is 2. The van der Waals surface area contributed by atoms with E-state index in [0.29, 0.717) is 12.8 Å². The van der Waals surface area contributed by atoms with Gasteiger partial charge in [-0.15, -0.1) is 0 Å². The quantitative estimate of drug-likeness (QED) is 0.468. The molecule has 3 atom stereocenters. The minimum absolute atomic E-state index is 0. The van der Waals surface area contributed by atoms with E-state index in [4.69, 9.17) is 0 Å². The molecule has 0 aromatic rings. The van der Waals surface area contributed by atoms with E-state index in [1.54, 1.807) is 0 Å². The molecule has 6 heteroatoms. The van der Waals surface area contributed by atoms with Crippen LogP contribution in [0.3, 0.4) is 0 Å². The second-order valence-electron chi connectivity index (χ2n) is 5.73. The maximum Gasteiger partial charge on any atom is 1.00 e. The van der Waals surface area contributed by atoms with E-state index >= 15 is 0 Å². The number of carbonyl (C=O) groups is 2. The molecule has 0 amide bonds. The van der Waals surface area contributed by atoms with Crippen LogP contribution >= 0.6 is 0 Å². The third kappa shape index (κ3) is 5.51. The zero-order chi connectivity index (χ0) is 12.5. The summed E-state index contributed by atoms with van der Waals surface area (Å²) in [5.41, 5.74) is 0.00457. The van der Waals surface area contributed by atoms with E-state index < -0.39 is 23.8 Å². The standard InChI is InChI=1S/C12H20O4.2Na/c1-12(2,3)7-4-5-8(10(13)14)9(6-7)11(15)16;;/h7-9H,4-6H2,1-3H3,(H,13,14)(H,15,16);;/q;2*+1/p-2. The molecule has 1 aliphatic carbocycles. The minimum atomic E-state index is -1.26. The van der Waals surface area contributed by atoms with Crippen LogP contribution in [-0.2, 0) is 9.59 Å². The zero-order valence-electron chi connectivity index (χ0n) is 12.0. The molecule has 1 saturated carbocycles.